The van der Waals surface area contributed by atoms with Gasteiger partial charge in [0.15, 0.2) is 0 Å². The fraction of sp³-hybridized carbons (Fsp3) is 0.250. The normalized spacial score (nSPS) is 17.8. The molecule has 3 rings (SSSR count). The van der Waals surface area contributed by atoms with Gasteiger partial charge in [-0.05, 0) is 35.4 Å². The molecule has 2 aromatic carbocycles. The van der Waals surface area contributed by atoms with Crippen molar-refractivity contribution in [2.45, 2.75) is 23.9 Å². The third-order valence-electron chi connectivity index (χ3n) is 3.52. The van der Waals surface area contributed by atoms with Crippen LogP contribution in [0.3, 0.4) is 0 Å². The molecule has 104 valence electrons. The second kappa shape index (κ2) is 6.17. The number of nitrogens with one attached hydrogen (secondary N) is 1. The van der Waals surface area contributed by atoms with E-state index in [-0.39, 0.29) is 11.9 Å². The monoisotopic (exact) mass is 307 g/mol. The van der Waals surface area contributed by atoms with E-state index >= 15 is 0 Å². The topological polar surface area (TPSA) is 12.0 Å². The summed E-state index contributed by atoms with van der Waals surface area (Å²) >= 11 is 7.77. The maximum atomic E-state index is 13.8. The first kappa shape index (κ1) is 13.9. The number of halogens is 2. The van der Waals surface area contributed by atoms with Crippen molar-refractivity contribution in [1.82, 2.24) is 5.32 Å². The van der Waals surface area contributed by atoms with Crippen LogP contribution < -0.4 is 5.32 Å². The summed E-state index contributed by atoms with van der Waals surface area (Å²) in [4.78, 5) is 0.787. The van der Waals surface area contributed by atoms with Gasteiger partial charge in [-0.15, -0.1) is 11.8 Å². The van der Waals surface area contributed by atoms with Crippen molar-refractivity contribution in [2.75, 3.05) is 5.75 Å². The lowest BCUT2D eigenvalue weighted by atomic mass is 10.0. The molecule has 1 heterocycles. The summed E-state index contributed by atoms with van der Waals surface area (Å²) < 4.78 is 13.8. The molecule has 4 heteroatoms. The average molecular weight is 308 g/mol. The van der Waals surface area contributed by atoms with Gasteiger partial charge in [-0.2, -0.15) is 0 Å². The summed E-state index contributed by atoms with van der Waals surface area (Å²) in [5.74, 6) is 0.824. The number of fused-ring (bicyclic) bond motifs is 1. The minimum absolute atomic E-state index is 0.114. The van der Waals surface area contributed by atoms with Crippen molar-refractivity contribution >= 4 is 23.4 Å². The van der Waals surface area contributed by atoms with Crippen molar-refractivity contribution in [3.63, 3.8) is 0 Å². The molecule has 1 aliphatic heterocycles. The van der Waals surface area contributed by atoms with Gasteiger partial charge < -0.3 is 5.32 Å². The largest absolute Gasteiger partial charge is 0.306 e. The Bertz CT molecular complexity index is 617. The molecule has 0 bridgehead atoms. The minimum atomic E-state index is -0.114. The molecule has 0 amide bonds. The molecule has 1 atom stereocenters. The van der Waals surface area contributed by atoms with Crippen molar-refractivity contribution in [2.24, 2.45) is 0 Å². The summed E-state index contributed by atoms with van der Waals surface area (Å²) in [6.07, 6.45) is 1.01. The highest BCUT2D eigenvalue weighted by molar-refractivity contribution is 7.99. The van der Waals surface area contributed by atoms with Gasteiger partial charge in [0, 0.05) is 22.5 Å². The van der Waals surface area contributed by atoms with E-state index in [1.165, 1.54) is 6.07 Å². The Morgan fingerprint density at radius 3 is 2.90 bits per heavy atom. The summed E-state index contributed by atoms with van der Waals surface area (Å²) in [7, 11) is 0. The maximum absolute atomic E-state index is 13.8. The zero-order chi connectivity index (χ0) is 13.9. The number of hydrogen-bond donors (Lipinski definition) is 1. The van der Waals surface area contributed by atoms with Crippen LogP contribution in [0, 0.1) is 5.82 Å². The van der Waals surface area contributed by atoms with Gasteiger partial charge >= 0.3 is 0 Å². The van der Waals surface area contributed by atoms with Crippen molar-refractivity contribution in [1.29, 1.82) is 0 Å². The molecule has 1 nitrogen and oxygen atoms in total. The van der Waals surface area contributed by atoms with Crippen LogP contribution in [0.2, 0.25) is 5.02 Å². The molecule has 0 saturated heterocycles. The fourth-order valence-electron chi connectivity index (χ4n) is 2.47. The Morgan fingerprint density at radius 1 is 1.20 bits per heavy atom. The van der Waals surface area contributed by atoms with E-state index in [0.29, 0.717) is 6.54 Å². The maximum Gasteiger partial charge on any atom is 0.137 e. The average Bonchev–Trinajstić information content (AvgIpc) is 2.47. The number of benzene rings is 2. The first-order valence-electron chi connectivity index (χ1n) is 6.63. The van der Waals surface area contributed by atoms with E-state index in [2.05, 4.69) is 5.32 Å². The quantitative estimate of drug-likeness (QED) is 0.873. The van der Waals surface area contributed by atoms with E-state index in [4.69, 9.17) is 11.6 Å². The van der Waals surface area contributed by atoms with Crippen molar-refractivity contribution in [3.05, 3.63) is 64.4 Å². The third-order valence-corrected chi connectivity index (χ3v) is 5.05. The number of rotatable bonds is 3. The Labute approximate surface area is 127 Å². The van der Waals surface area contributed by atoms with Crippen LogP contribution in [-0.4, -0.2) is 5.75 Å². The molecule has 1 N–H and O–H groups in total. The first-order chi connectivity index (χ1) is 9.75. The van der Waals surface area contributed by atoms with Crippen LogP contribution in [-0.2, 0) is 6.54 Å². The molecule has 1 aliphatic rings. The second-order valence-electron chi connectivity index (χ2n) is 4.82. The van der Waals surface area contributed by atoms with Crippen LogP contribution in [0.4, 0.5) is 4.39 Å². The van der Waals surface area contributed by atoms with Crippen LogP contribution in [0.5, 0.6) is 0 Å². The zero-order valence-corrected chi connectivity index (χ0v) is 12.5. The lowest BCUT2D eigenvalue weighted by Crippen LogP contribution is -2.24. The predicted molar refractivity (Wildman–Crippen MR) is 82.8 cm³/mol. The van der Waals surface area contributed by atoms with Gasteiger partial charge in [-0.25, -0.2) is 4.39 Å². The second-order valence-corrected chi connectivity index (χ2v) is 6.33. The molecule has 0 spiro atoms. The third kappa shape index (κ3) is 2.85. The molecular formula is C16H15ClFNS. The molecule has 0 radical (unpaired) electrons. The zero-order valence-electron chi connectivity index (χ0n) is 10.9. The SMILES string of the molecule is Fc1cccc2c1SCCC2NCc1ccccc1Cl. The molecule has 0 saturated carbocycles. The number of hydrogen-bond acceptors (Lipinski definition) is 2. The summed E-state index contributed by atoms with van der Waals surface area (Å²) in [6.45, 7) is 0.699. The van der Waals surface area contributed by atoms with E-state index in [1.54, 1.807) is 17.8 Å². The number of thioether (sulfide) groups is 1. The fourth-order valence-corrected chi connectivity index (χ4v) is 3.82. The smallest absolute Gasteiger partial charge is 0.137 e. The van der Waals surface area contributed by atoms with E-state index in [0.717, 1.165) is 33.2 Å². The van der Waals surface area contributed by atoms with Gasteiger partial charge in [0.2, 0.25) is 0 Å². The summed E-state index contributed by atoms with van der Waals surface area (Å²) in [6, 6.07) is 13.3. The molecule has 0 aliphatic carbocycles. The standard InChI is InChI=1S/C16H15ClFNS/c17-13-6-2-1-4-11(13)10-19-15-8-9-20-16-12(15)5-3-7-14(16)18/h1-7,15,19H,8-10H2. The summed E-state index contributed by atoms with van der Waals surface area (Å²) in [5.41, 5.74) is 2.14. The van der Waals surface area contributed by atoms with Gasteiger partial charge in [-0.3, -0.25) is 0 Å². The molecule has 0 fully saturated rings. The predicted octanol–water partition coefficient (Wildman–Crippen LogP) is 4.81. The highest BCUT2D eigenvalue weighted by Crippen LogP contribution is 2.37. The Hall–Kier alpha value is -1.03. The van der Waals surface area contributed by atoms with Gasteiger partial charge in [0.25, 0.3) is 0 Å². The molecule has 1 unspecified atom stereocenters. The Balaban J connectivity index is 1.77. The van der Waals surface area contributed by atoms with E-state index in [9.17, 15) is 4.39 Å². The van der Waals surface area contributed by atoms with Gasteiger partial charge in [-0.1, -0.05) is 41.9 Å². The van der Waals surface area contributed by atoms with Crippen LogP contribution in [0.25, 0.3) is 0 Å². The Morgan fingerprint density at radius 2 is 2.05 bits per heavy atom. The highest BCUT2D eigenvalue weighted by Gasteiger charge is 2.22. The Kier molecular flexibility index (Phi) is 4.29. The first-order valence-corrected chi connectivity index (χ1v) is 8.00. The molecule has 0 aromatic heterocycles. The van der Waals surface area contributed by atoms with Crippen molar-refractivity contribution in [3.8, 4) is 0 Å². The van der Waals surface area contributed by atoms with Crippen LogP contribution in [0.15, 0.2) is 47.4 Å². The molecule has 2 aromatic rings. The minimum Gasteiger partial charge on any atom is -0.306 e. The van der Waals surface area contributed by atoms with Gasteiger partial charge in [0.05, 0.1) is 0 Å². The molecular weight excluding hydrogens is 293 g/mol. The van der Waals surface area contributed by atoms with E-state index in [1.807, 2.05) is 30.3 Å². The van der Waals surface area contributed by atoms with E-state index < -0.39 is 0 Å². The highest BCUT2D eigenvalue weighted by atomic mass is 35.5. The molecule has 20 heavy (non-hydrogen) atoms. The lowest BCUT2D eigenvalue weighted by Gasteiger charge is -2.26. The van der Waals surface area contributed by atoms with Crippen LogP contribution in [0.1, 0.15) is 23.6 Å². The summed E-state index contributed by atoms with van der Waals surface area (Å²) in [5, 5.41) is 4.27. The van der Waals surface area contributed by atoms with Crippen LogP contribution >= 0.6 is 23.4 Å². The van der Waals surface area contributed by atoms with Gasteiger partial charge in [0.1, 0.15) is 5.82 Å². The lowest BCUT2D eigenvalue weighted by molar-refractivity contribution is 0.496. The van der Waals surface area contributed by atoms with Crippen molar-refractivity contribution < 1.29 is 4.39 Å².